The summed E-state index contributed by atoms with van der Waals surface area (Å²) in [4.78, 5) is 4.24. The zero-order chi connectivity index (χ0) is 15.8. The van der Waals surface area contributed by atoms with Crippen molar-refractivity contribution in [3.05, 3.63) is 12.3 Å². The molecule has 116 valence electrons. The van der Waals surface area contributed by atoms with Crippen molar-refractivity contribution in [1.82, 2.24) is 9.78 Å². The molecule has 1 aromatic rings. The molecular formula is C15H24N4O2. The van der Waals surface area contributed by atoms with E-state index in [1.807, 2.05) is 40.8 Å². The predicted octanol–water partition coefficient (Wildman–Crippen LogP) is 2.82. The maximum atomic E-state index is 8.94. The lowest BCUT2D eigenvalue weighted by Crippen LogP contribution is -2.25. The summed E-state index contributed by atoms with van der Waals surface area (Å²) >= 11 is 0. The third-order valence-electron chi connectivity index (χ3n) is 3.45. The van der Waals surface area contributed by atoms with Crippen molar-refractivity contribution in [1.29, 1.82) is 5.26 Å². The molecule has 4 atom stereocenters. The Balaban J connectivity index is 2.60. The van der Waals surface area contributed by atoms with Crippen LogP contribution in [0.15, 0.2) is 17.3 Å². The molecule has 0 fully saturated rings. The van der Waals surface area contributed by atoms with E-state index in [0.717, 1.165) is 0 Å². The summed E-state index contributed by atoms with van der Waals surface area (Å²) in [5.41, 5.74) is 0. The number of hydrogen-bond donors (Lipinski definition) is 0. The Morgan fingerprint density at radius 2 is 2.14 bits per heavy atom. The van der Waals surface area contributed by atoms with E-state index >= 15 is 0 Å². The number of rotatable bonds is 8. The average Bonchev–Trinajstić information content (AvgIpc) is 2.94. The highest BCUT2D eigenvalue weighted by Crippen LogP contribution is 2.19. The van der Waals surface area contributed by atoms with Gasteiger partial charge < -0.3 is 9.47 Å². The molecule has 6 nitrogen and oxygen atoms in total. The zero-order valence-corrected chi connectivity index (χ0v) is 13.4. The Morgan fingerprint density at radius 3 is 2.76 bits per heavy atom. The maximum Gasteiger partial charge on any atom is 0.233 e. The second-order valence-electron chi connectivity index (χ2n) is 5.07. The molecule has 1 aromatic heterocycles. The van der Waals surface area contributed by atoms with Crippen molar-refractivity contribution in [2.24, 2.45) is 10.9 Å². The standard InChI is InChI=1S/C15H24N4O2/c1-6-20-10-17-12(3)14(5)21-15-7-8-19(18-15)13(4)11(2)9-16/h7-8,10-14H,6H2,1-5H3/t11?,12?,13-,14+/m1/s1. The fraction of sp³-hybridized carbons (Fsp3) is 0.667. The third-order valence-corrected chi connectivity index (χ3v) is 3.45. The van der Waals surface area contributed by atoms with E-state index in [1.54, 1.807) is 10.7 Å². The second-order valence-corrected chi connectivity index (χ2v) is 5.07. The predicted molar refractivity (Wildman–Crippen MR) is 81.4 cm³/mol. The van der Waals surface area contributed by atoms with Gasteiger partial charge in [0.1, 0.15) is 6.10 Å². The molecule has 0 radical (unpaired) electrons. The number of hydrogen-bond acceptors (Lipinski definition) is 5. The van der Waals surface area contributed by atoms with Crippen molar-refractivity contribution in [2.45, 2.75) is 52.8 Å². The van der Waals surface area contributed by atoms with E-state index in [-0.39, 0.29) is 24.1 Å². The van der Waals surface area contributed by atoms with E-state index in [9.17, 15) is 0 Å². The Kier molecular flexibility index (Phi) is 6.73. The minimum atomic E-state index is -0.117. The molecule has 0 N–H and O–H groups in total. The van der Waals surface area contributed by atoms with E-state index in [4.69, 9.17) is 14.7 Å². The molecular weight excluding hydrogens is 268 g/mol. The van der Waals surface area contributed by atoms with Crippen molar-refractivity contribution in [3.8, 4) is 11.9 Å². The molecule has 0 aliphatic rings. The highest BCUT2D eigenvalue weighted by Gasteiger charge is 2.17. The Morgan fingerprint density at radius 1 is 1.43 bits per heavy atom. The van der Waals surface area contributed by atoms with Gasteiger partial charge in [0.05, 0.1) is 30.7 Å². The van der Waals surface area contributed by atoms with Gasteiger partial charge in [-0.05, 0) is 34.6 Å². The van der Waals surface area contributed by atoms with Crippen molar-refractivity contribution in [3.63, 3.8) is 0 Å². The lowest BCUT2D eigenvalue weighted by molar-refractivity contribution is 0.185. The van der Waals surface area contributed by atoms with Crippen molar-refractivity contribution < 1.29 is 9.47 Å². The summed E-state index contributed by atoms with van der Waals surface area (Å²) < 4.78 is 12.6. The van der Waals surface area contributed by atoms with Gasteiger partial charge in [0, 0.05) is 12.3 Å². The van der Waals surface area contributed by atoms with Crippen molar-refractivity contribution in [2.75, 3.05) is 6.61 Å². The molecule has 0 bridgehead atoms. The van der Waals surface area contributed by atoms with Gasteiger partial charge in [-0.25, -0.2) is 0 Å². The minimum absolute atomic E-state index is 0.0102. The van der Waals surface area contributed by atoms with Crippen LogP contribution in [0.25, 0.3) is 0 Å². The van der Waals surface area contributed by atoms with Crippen LogP contribution >= 0.6 is 0 Å². The SMILES string of the molecule is CCOC=NC(C)[C@H](C)Oc1ccn([C@H](C)C(C)C#N)n1. The molecule has 21 heavy (non-hydrogen) atoms. The minimum Gasteiger partial charge on any atom is -0.484 e. The fourth-order valence-electron chi connectivity index (χ4n) is 1.57. The molecule has 0 spiro atoms. The summed E-state index contributed by atoms with van der Waals surface area (Å²) in [5, 5.41) is 13.3. The van der Waals surface area contributed by atoms with Crippen LogP contribution in [0.4, 0.5) is 0 Å². The van der Waals surface area contributed by atoms with Crippen LogP contribution < -0.4 is 4.74 Å². The van der Waals surface area contributed by atoms with Crippen LogP contribution in [0, 0.1) is 17.2 Å². The molecule has 0 aromatic carbocycles. The van der Waals surface area contributed by atoms with E-state index in [1.165, 1.54) is 6.40 Å². The van der Waals surface area contributed by atoms with Crippen LogP contribution in [-0.4, -0.2) is 34.9 Å². The largest absolute Gasteiger partial charge is 0.484 e. The van der Waals surface area contributed by atoms with Gasteiger partial charge in [-0.2, -0.15) is 5.26 Å². The first kappa shape index (κ1) is 17.0. The number of nitrogens with zero attached hydrogens (tertiary/aromatic N) is 4. The summed E-state index contributed by atoms with van der Waals surface area (Å²) in [7, 11) is 0. The van der Waals surface area contributed by atoms with Gasteiger partial charge in [0.2, 0.25) is 5.88 Å². The summed E-state index contributed by atoms with van der Waals surface area (Å²) in [5.74, 6) is 0.433. The molecule has 6 heteroatoms. The number of nitriles is 1. The summed E-state index contributed by atoms with van der Waals surface area (Å²) in [6.07, 6.45) is 3.17. The monoisotopic (exact) mass is 292 g/mol. The maximum absolute atomic E-state index is 8.94. The highest BCUT2D eigenvalue weighted by atomic mass is 16.5. The molecule has 0 aliphatic heterocycles. The van der Waals surface area contributed by atoms with Crippen molar-refractivity contribution >= 4 is 6.40 Å². The highest BCUT2D eigenvalue weighted by molar-refractivity contribution is 5.46. The average molecular weight is 292 g/mol. The molecule has 0 saturated carbocycles. The van der Waals surface area contributed by atoms with Crippen LogP contribution in [0.5, 0.6) is 5.88 Å². The number of aliphatic imine (C=N–C) groups is 1. The normalized spacial score (nSPS) is 17.0. The Hall–Kier alpha value is -2.03. The van der Waals surface area contributed by atoms with Gasteiger partial charge in [0.25, 0.3) is 0 Å². The van der Waals surface area contributed by atoms with Gasteiger partial charge in [-0.1, -0.05) is 0 Å². The lowest BCUT2D eigenvalue weighted by Gasteiger charge is -2.17. The van der Waals surface area contributed by atoms with Gasteiger partial charge in [-0.3, -0.25) is 9.67 Å². The van der Waals surface area contributed by atoms with Crippen LogP contribution in [0.2, 0.25) is 0 Å². The quantitative estimate of drug-likeness (QED) is 0.545. The lowest BCUT2D eigenvalue weighted by atomic mass is 10.1. The van der Waals surface area contributed by atoms with Crippen LogP contribution in [-0.2, 0) is 4.74 Å². The van der Waals surface area contributed by atoms with Gasteiger partial charge >= 0.3 is 0 Å². The zero-order valence-electron chi connectivity index (χ0n) is 13.4. The number of aromatic nitrogens is 2. The smallest absolute Gasteiger partial charge is 0.233 e. The topological polar surface area (TPSA) is 72.4 Å². The van der Waals surface area contributed by atoms with Crippen LogP contribution in [0.1, 0.15) is 40.7 Å². The Bertz CT molecular complexity index is 492. The fourth-order valence-corrected chi connectivity index (χ4v) is 1.57. The van der Waals surface area contributed by atoms with Gasteiger partial charge in [-0.15, -0.1) is 5.10 Å². The molecule has 0 aliphatic carbocycles. The molecule has 0 amide bonds. The van der Waals surface area contributed by atoms with E-state index < -0.39 is 0 Å². The second kappa shape index (κ2) is 8.30. The Labute approximate surface area is 126 Å². The first-order valence-electron chi connectivity index (χ1n) is 7.24. The van der Waals surface area contributed by atoms with Gasteiger partial charge in [0.15, 0.2) is 6.40 Å². The molecule has 0 saturated heterocycles. The summed E-state index contributed by atoms with van der Waals surface area (Å²) in [6, 6.07) is 4.01. The first-order chi connectivity index (χ1) is 9.99. The molecule has 1 heterocycles. The molecule has 2 unspecified atom stereocenters. The number of ether oxygens (including phenoxy) is 2. The first-order valence-corrected chi connectivity index (χ1v) is 7.24. The summed E-state index contributed by atoms with van der Waals surface area (Å²) in [6.45, 7) is 10.2. The van der Waals surface area contributed by atoms with E-state index in [2.05, 4.69) is 16.2 Å². The van der Waals surface area contributed by atoms with Crippen LogP contribution in [0.3, 0.4) is 0 Å². The molecule has 1 rings (SSSR count). The van der Waals surface area contributed by atoms with E-state index in [0.29, 0.717) is 12.5 Å². The third kappa shape index (κ3) is 5.10.